The van der Waals surface area contributed by atoms with E-state index in [9.17, 15) is 4.39 Å². The quantitative estimate of drug-likeness (QED) is 0.748. The molecule has 0 saturated carbocycles. The lowest BCUT2D eigenvalue weighted by Gasteiger charge is -2.32. The van der Waals surface area contributed by atoms with E-state index in [0.717, 1.165) is 5.69 Å². The van der Waals surface area contributed by atoms with E-state index in [0.29, 0.717) is 11.1 Å². The minimum atomic E-state index is -0.568. The Morgan fingerprint density at radius 1 is 1.15 bits per heavy atom. The zero-order chi connectivity index (χ0) is 14.7. The molecule has 20 heavy (non-hydrogen) atoms. The van der Waals surface area contributed by atoms with Crippen molar-refractivity contribution in [2.45, 2.75) is 45.8 Å². The molecule has 4 nitrogen and oxygen atoms in total. The number of halogens is 1. The molecule has 3 heterocycles. The van der Waals surface area contributed by atoms with Crippen LogP contribution in [0.25, 0.3) is 5.65 Å². The highest BCUT2D eigenvalue weighted by atomic mass is 19.1. The average Bonchev–Trinajstić information content (AvgIpc) is 2.77. The highest BCUT2D eigenvalue weighted by molar-refractivity contribution is 6.62. The number of nitrogens with zero attached hydrogens (tertiary/aromatic N) is 2. The number of hydrogen-bond acceptors (Lipinski definition) is 3. The molecule has 1 fully saturated rings. The standard InChI is InChI=1S/C14H18BFN2O2/c1-9-7-18-8-10(6-11(16)12(18)17-9)15-19-13(2,3)14(4,5)20-15/h6-8H,1-5H3. The molecule has 0 spiro atoms. The van der Waals surface area contributed by atoms with Gasteiger partial charge in [-0.3, -0.25) is 0 Å². The molecule has 6 heteroatoms. The fourth-order valence-electron chi connectivity index (χ4n) is 2.31. The van der Waals surface area contributed by atoms with Crippen LogP contribution in [0.5, 0.6) is 0 Å². The number of rotatable bonds is 1. The first-order valence-electron chi connectivity index (χ1n) is 6.70. The van der Waals surface area contributed by atoms with Crippen LogP contribution >= 0.6 is 0 Å². The summed E-state index contributed by atoms with van der Waals surface area (Å²) in [4.78, 5) is 4.14. The molecule has 0 radical (unpaired) electrons. The van der Waals surface area contributed by atoms with Crippen molar-refractivity contribution in [3.63, 3.8) is 0 Å². The molecule has 0 amide bonds. The van der Waals surface area contributed by atoms with Gasteiger partial charge in [-0.2, -0.15) is 0 Å². The predicted octanol–water partition coefficient (Wildman–Crippen LogP) is 2.08. The fraction of sp³-hybridized carbons (Fsp3) is 0.500. The molecular weight excluding hydrogens is 258 g/mol. The van der Waals surface area contributed by atoms with Crippen LogP contribution in [0.15, 0.2) is 18.5 Å². The number of hydrogen-bond donors (Lipinski definition) is 0. The van der Waals surface area contributed by atoms with E-state index in [2.05, 4.69) is 4.98 Å². The van der Waals surface area contributed by atoms with E-state index in [1.807, 2.05) is 34.6 Å². The van der Waals surface area contributed by atoms with Crippen LogP contribution in [0.2, 0.25) is 0 Å². The third-order valence-electron chi connectivity index (χ3n) is 4.17. The van der Waals surface area contributed by atoms with Gasteiger partial charge in [0.05, 0.1) is 16.9 Å². The Morgan fingerprint density at radius 3 is 2.35 bits per heavy atom. The van der Waals surface area contributed by atoms with Gasteiger partial charge in [0, 0.05) is 17.9 Å². The van der Waals surface area contributed by atoms with Gasteiger partial charge in [0.25, 0.3) is 0 Å². The van der Waals surface area contributed by atoms with Crippen LogP contribution in [0.3, 0.4) is 0 Å². The smallest absolute Gasteiger partial charge is 0.399 e. The molecular formula is C14H18BFN2O2. The summed E-state index contributed by atoms with van der Waals surface area (Å²) in [5.41, 5.74) is 0.880. The van der Waals surface area contributed by atoms with Gasteiger partial charge in [0.1, 0.15) is 0 Å². The van der Waals surface area contributed by atoms with Crippen molar-refractivity contribution < 1.29 is 13.7 Å². The maximum absolute atomic E-state index is 14.1. The molecule has 2 aromatic heterocycles. The average molecular weight is 276 g/mol. The number of imidazole rings is 1. The second-order valence-corrected chi connectivity index (χ2v) is 6.32. The summed E-state index contributed by atoms with van der Waals surface area (Å²) in [5, 5.41) is 0. The van der Waals surface area contributed by atoms with Gasteiger partial charge in [-0.1, -0.05) is 0 Å². The van der Waals surface area contributed by atoms with Crippen LogP contribution in [0.4, 0.5) is 4.39 Å². The van der Waals surface area contributed by atoms with Crippen LogP contribution in [-0.2, 0) is 9.31 Å². The van der Waals surface area contributed by atoms with Gasteiger partial charge in [-0.05, 0) is 40.7 Å². The molecule has 0 aliphatic carbocycles. The number of pyridine rings is 1. The fourth-order valence-corrected chi connectivity index (χ4v) is 2.31. The summed E-state index contributed by atoms with van der Waals surface area (Å²) in [7, 11) is -0.568. The zero-order valence-electron chi connectivity index (χ0n) is 12.4. The van der Waals surface area contributed by atoms with Gasteiger partial charge in [-0.25, -0.2) is 9.37 Å². The summed E-state index contributed by atoms with van der Waals surface area (Å²) in [5.74, 6) is -0.370. The number of aromatic nitrogens is 2. The molecule has 0 aromatic carbocycles. The maximum atomic E-state index is 14.1. The highest BCUT2D eigenvalue weighted by Gasteiger charge is 2.51. The first kappa shape index (κ1) is 13.6. The topological polar surface area (TPSA) is 35.8 Å². The number of aryl methyl sites for hydroxylation is 1. The van der Waals surface area contributed by atoms with Gasteiger partial charge >= 0.3 is 7.12 Å². The SMILES string of the molecule is Cc1cn2cc(B3OC(C)(C)C(C)(C)O3)cc(F)c2n1. The van der Waals surface area contributed by atoms with E-state index >= 15 is 0 Å². The van der Waals surface area contributed by atoms with Crippen molar-refractivity contribution in [1.29, 1.82) is 0 Å². The normalized spacial score (nSPS) is 20.8. The van der Waals surface area contributed by atoms with Crippen LogP contribution in [0.1, 0.15) is 33.4 Å². The second-order valence-electron chi connectivity index (χ2n) is 6.32. The van der Waals surface area contributed by atoms with Crippen molar-refractivity contribution >= 4 is 18.2 Å². The van der Waals surface area contributed by atoms with Crippen LogP contribution in [-0.4, -0.2) is 27.7 Å². The largest absolute Gasteiger partial charge is 0.496 e. The molecule has 0 bridgehead atoms. The lowest BCUT2D eigenvalue weighted by atomic mass is 9.80. The summed E-state index contributed by atoms with van der Waals surface area (Å²) < 4.78 is 27.7. The lowest BCUT2D eigenvalue weighted by molar-refractivity contribution is 0.00578. The summed E-state index contributed by atoms with van der Waals surface area (Å²) in [6.45, 7) is 9.74. The Kier molecular flexibility index (Phi) is 2.75. The Bertz CT molecular complexity index is 665. The molecule has 0 N–H and O–H groups in total. The molecule has 2 aromatic rings. The first-order chi connectivity index (χ1) is 9.19. The lowest BCUT2D eigenvalue weighted by Crippen LogP contribution is -2.41. The Morgan fingerprint density at radius 2 is 1.75 bits per heavy atom. The van der Waals surface area contributed by atoms with E-state index in [-0.39, 0.29) is 5.82 Å². The third-order valence-corrected chi connectivity index (χ3v) is 4.17. The Labute approximate surface area is 118 Å². The zero-order valence-corrected chi connectivity index (χ0v) is 12.4. The third kappa shape index (κ3) is 1.94. The molecule has 106 valence electrons. The van der Waals surface area contributed by atoms with Crippen molar-refractivity contribution in [3.8, 4) is 0 Å². The summed E-state index contributed by atoms with van der Waals surface area (Å²) in [6.07, 6.45) is 3.59. The minimum Gasteiger partial charge on any atom is -0.399 e. The van der Waals surface area contributed by atoms with Crippen molar-refractivity contribution in [3.05, 3.63) is 30.0 Å². The highest BCUT2D eigenvalue weighted by Crippen LogP contribution is 2.36. The Hall–Kier alpha value is -1.40. The van der Waals surface area contributed by atoms with Crippen molar-refractivity contribution in [2.75, 3.05) is 0 Å². The molecule has 0 atom stereocenters. The summed E-state index contributed by atoms with van der Waals surface area (Å²) >= 11 is 0. The second kappa shape index (κ2) is 4.05. The molecule has 1 saturated heterocycles. The molecule has 1 aliphatic rings. The first-order valence-corrected chi connectivity index (χ1v) is 6.70. The predicted molar refractivity (Wildman–Crippen MR) is 75.6 cm³/mol. The van der Waals surface area contributed by atoms with Gasteiger partial charge in [0.15, 0.2) is 11.5 Å². The minimum absolute atomic E-state index is 0.322. The Balaban J connectivity index is 2.04. The van der Waals surface area contributed by atoms with Gasteiger partial charge in [0.2, 0.25) is 0 Å². The number of fused-ring (bicyclic) bond motifs is 1. The maximum Gasteiger partial charge on any atom is 0.496 e. The van der Waals surface area contributed by atoms with Gasteiger partial charge in [-0.15, -0.1) is 0 Å². The van der Waals surface area contributed by atoms with E-state index in [4.69, 9.17) is 9.31 Å². The van der Waals surface area contributed by atoms with E-state index in [1.54, 1.807) is 16.8 Å². The van der Waals surface area contributed by atoms with Crippen LogP contribution in [0, 0.1) is 12.7 Å². The van der Waals surface area contributed by atoms with Crippen molar-refractivity contribution in [1.82, 2.24) is 9.38 Å². The summed E-state index contributed by atoms with van der Waals surface area (Å²) in [6, 6.07) is 1.43. The van der Waals surface area contributed by atoms with E-state index < -0.39 is 18.3 Å². The molecule has 3 rings (SSSR count). The van der Waals surface area contributed by atoms with E-state index in [1.165, 1.54) is 6.07 Å². The molecule has 0 unspecified atom stereocenters. The monoisotopic (exact) mass is 276 g/mol. The van der Waals surface area contributed by atoms with Crippen LogP contribution < -0.4 is 5.46 Å². The van der Waals surface area contributed by atoms with Crippen molar-refractivity contribution in [2.24, 2.45) is 0 Å². The molecule has 1 aliphatic heterocycles. The van der Waals surface area contributed by atoms with Gasteiger partial charge < -0.3 is 13.7 Å².